The largest absolute Gasteiger partial charge is 0.494 e. The summed E-state index contributed by atoms with van der Waals surface area (Å²) in [5.74, 6) is 0.942. The minimum Gasteiger partial charge on any atom is -0.494 e. The summed E-state index contributed by atoms with van der Waals surface area (Å²) >= 11 is 6.00. The second-order valence-corrected chi connectivity index (χ2v) is 3.84. The molecule has 0 bridgehead atoms. The summed E-state index contributed by atoms with van der Waals surface area (Å²) in [6.45, 7) is 6.12. The van der Waals surface area contributed by atoms with E-state index in [1.54, 1.807) is 0 Å². The van der Waals surface area contributed by atoms with Gasteiger partial charge in [-0.1, -0.05) is 17.2 Å². The average molecular weight is 187 g/mol. The molecule has 0 saturated carbocycles. The zero-order chi connectivity index (χ0) is 9.14. The lowest BCUT2D eigenvalue weighted by atomic mass is 10.1. The van der Waals surface area contributed by atoms with Gasteiger partial charge in [-0.3, -0.25) is 0 Å². The molecule has 0 aromatic rings. The van der Waals surface area contributed by atoms with Gasteiger partial charge in [0.25, 0.3) is 0 Å². The summed E-state index contributed by atoms with van der Waals surface area (Å²) in [4.78, 5) is 0. The van der Waals surface area contributed by atoms with Crippen molar-refractivity contribution >= 4 is 11.6 Å². The van der Waals surface area contributed by atoms with E-state index in [1.165, 1.54) is 5.57 Å². The molecule has 12 heavy (non-hydrogen) atoms. The fourth-order valence-electron chi connectivity index (χ4n) is 1.20. The van der Waals surface area contributed by atoms with Gasteiger partial charge in [0.2, 0.25) is 0 Å². The van der Waals surface area contributed by atoms with E-state index in [9.17, 15) is 0 Å². The van der Waals surface area contributed by atoms with Gasteiger partial charge < -0.3 is 4.74 Å². The molecule has 1 aliphatic rings. The number of allylic oxidation sites excluding steroid dienone is 4. The van der Waals surface area contributed by atoms with E-state index >= 15 is 0 Å². The van der Waals surface area contributed by atoms with Crippen LogP contribution in [0.25, 0.3) is 0 Å². The molecule has 1 aliphatic carbocycles. The Morgan fingerprint density at radius 2 is 2.08 bits per heavy atom. The van der Waals surface area contributed by atoms with Gasteiger partial charge >= 0.3 is 0 Å². The minimum atomic E-state index is 0.223. The molecule has 0 unspecified atom stereocenters. The predicted octanol–water partition coefficient (Wildman–Crippen LogP) is 3.60. The zero-order valence-corrected chi connectivity index (χ0v) is 8.61. The fourth-order valence-corrected chi connectivity index (χ4v) is 1.52. The number of hydrogen-bond donors (Lipinski definition) is 0. The molecule has 0 aromatic heterocycles. The Morgan fingerprint density at radius 1 is 1.42 bits per heavy atom. The highest BCUT2D eigenvalue weighted by atomic mass is 35.5. The van der Waals surface area contributed by atoms with Crippen LogP contribution in [0.3, 0.4) is 0 Å². The number of hydrogen-bond acceptors (Lipinski definition) is 1. The summed E-state index contributed by atoms with van der Waals surface area (Å²) in [6, 6.07) is 0. The number of halogens is 1. The Morgan fingerprint density at radius 3 is 2.58 bits per heavy atom. The van der Waals surface area contributed by atoms with Crippen LogP contribution in [0, 0.1) is 0 Å². The van der Waals surface area contributed by atoms with Gasteiger partial charge in [-0.05, 0) is 33.3 Å². The second-order valence-electron chi connectivity index (χ2n) is 3.43. The van der Waals surface area contributed by atoms with Crippen molar-refractivity contribution in [3.05, 3.63) is 22.4 Å². The first-order valence-corrected chi connectivity index (χ1v) is 4.70. The molecule has 0 fully saturated rings. The highest BCUT2D eigenvalue weighted by Gasteiger charge is 2.11. The quantitative estimate of drug-likeness (QED) is 0.641. The van der Waals surface area contributed by atoms with Crippen LogP contribution in [0.4, 0.5) is 0 Å². The molecule has 0 N–H and O–H groups in total. The van der Waals surface area contributed by atoms with Gasteiger partial charge in [0.05, 0.1) is 11.1 Å². The number of rotatable bonds is 2. The third kappa shape index (κ3) is 2.56. The standard InChI is InChI=1S/C10H15ClO/c1-7(2)12-10-5-4-8(3)6-9(10)11/h6-7H,4-5H2,1-3H3. The lowest BCUT2D eigenvalue weighted by Gasteiger charge is -2.18. The maximum absolute atomic E-state index is 6.00. The van der Waals surface area contributed by atoms with Crippen LogP contribution < -0.4 is 0 Å². The molecule has 0 aromatic carbocycles. The van der Waals surface area contributed by atoms with Gasteiger partial charge in [0.1, 0.15) is 5.76 Å². The van der Waals surface area contributed by atoms with Crippen molar-refractivity contribution in [1.29, 1.82) is 0 Å². The molecule has 1 nitrogen and oxygen atoms in total. The molecule has 0 saturated heterocycles. The fraction of sp³-hybridized carbons (Fsp3) is 0.600. The zero-order valence-electron chi connectivity index (χ0n) is 7.86. The Kier molecular flexibility index (Phi) is 3.21. The van der Waals surface area contributed by atoms with Crippen LogP contribution in [0.2, 0.25) is 0 Å². The van der Waals surface area contributed by atoms with Gasteiger partial charge in [-0.15, -0.1) is 0 Å². The average Bonchev–Trinajstić information content (AvgIpc) is 1.94. The van der Waals surface area contributed by atoms with Crippen LogP contribution in [0.1, 0.15) is 33.6 Å². The van der Waals surface area contributed by atoms with E-state index in [0.717, 1.165) is 23.6 Å². The van der Waals surface area contributed by atoms with Gasteiger partial charge in [-0.2, -0.15) is 0 Å². The summed E-state index contributed by atoms with van der Waals surface area (Å²) in [6.07, 6.45) is 4.22. The second kappa shape index (κ2) is 3.99. The molecular formula is C10H15ClO. The van der Waals surface area contributed by atoms with E-state index in [1.807, 2.05) is 19.9 Å². The van der Waals surface area contributed by atoms with Crippen molar-refractivity contribution < 1.29 is 4.74 Å². The highest BCUT2D eigenvalue weighted by molar-refractivity contribution is 6.31. The van der Waals surface area contributed by atoms with Crippen LogP contribution in [-0.2, 0) is 4.74 Å². The Bertz CT molecular complexity index is 226. The van der Waals surface area contributed by atoms with Crippen molar-refractivity contribution in [1.82, 2.24) is 0 Å². The van der Waals surface area contributed by atoms with E-state index in [2.05, 4.69) is 6.92 Å². The first-order chi connectivity index (χ1) is 5.59. The highest BCUT2D eigenvalue weighted by Crippen LogP contribution is 2.27. The molecule has 0 amide bonds. The Labute approximate surface area is 79.1 Å². The Balaban J connectivity index is 2.69. The van der Waals surface area contributed by atoms with Crippen molar-refractivity contribution in [3.63, 3.8) is 0 Å². The first-order valence-electron chi connectivity index (χ1n) is 4.32. The molecule has 1 rings (SSSR count). The molecule has 0 heterocycles. The van der Waals surface area contributed by atoms with Crippen LogP contribution in [0.15, 0.2) is 22.4 Å². The summed E-state index contributed by atoms with van der Waals surface area (Å²) in [5, 5.41) is 0.771. The third-order valence-corrected chi connectivity index (χ3v) is 2.08. The van der Waals surface area contributed by atoms with E-state index < -0.39 is 0 Å². The Hall–Kier alpha value is -0.430. The van der Waals surface area contributed by atoms with Crippen LogP contribution in [0.5, 0.6) is 0 Å². The molecule has 2 heteroatoms. The maximum Gasteiger partial charge on any atom is 0.115 e. The molecule has 68 valence electrons. The summed E-state index contributed by atoms with van der Waals surface area (Å²) < 4.78 is 5.55. The van der Waals surface area contributed by atoms with Crippen molar-refractivity contribution in [3.8, 4) is 0 Å². The summed E-state index contributed by atoms with van der Waals surface area (Å²) in [5.41, 5.74) is 1.33. The third-order valence-electron chi connectivity index (χ3n) is 1.76. The monoisotopic (exact) mass is 186 g/mol. The lowest BCUT2D eigenvalue weighted by Crippen LogP contribution is -2.06. The van der Waals surface area contributed by atoms with Crippen LogP contribution in [-0.4, -0.2) is 6.10 Å². The SMILES string of the molecule is CC1=CC(Cl)=C(OC(C)C)CC1. The first kappa shape index (κ1) is 9.66. The molecule has 0 atom stereocenters. The maximum atomic E-state index is 6.00. The number of ether oxygens (including phenoxy) is 1. The van der Waals surface area contributed by atoms with E-state index in [-0.39, 0.29) is 6.10 Å². The van der Waals surface area contributed by atoms with Crippen molar-refractivity contribution in [2.75, 3.05) is 0 Å². The topological polar surface area (TPSA) is 9.23 Å². The van der Waals surface area contributed by atoms with Crippen molar-refractivity contribution in [2.24, 2.45) is 0 Å². The minimum absolute atomic E-state index is 0.223. The van der Waals surface area contributed by atoms with Gasteiger partial charge in [0.15, 0.2) is 0 Å². The summed E-state index contributed by atoms with van der Waals surface area (Å²) in [7, 11) is 0. The smallest absolute Gasteiger partial charge is 0.115 e. The van der Waals surface area contributed by atoms with Crippen LogP contribution >= 0.6 is 11.6 Å². The molecule has 0 radical (unpaired) electrons. The van der Waals surface area contributed by atoms with E-state index in [4.69, 9.17) is 16.3 Å². The van der Waals surface area contributed by atoms with E-state index in [0.29, 0.717) is 0 Å². The van der Waals surface area contributed by atoms with Crippen molar-refractivity contribution in [2.45, 2.75) is 39.7 Å². The van der Waals surface area contributed by atoms with Gasteiger partial charge in [0, 0.05) is 6.42 Å². The molecule has 0 spiro atoms. The molecular weight excluding hydrogens is 172 g/mol. The van der Waals surface area contributed by atoms with Gasteiger partial charge in [-0.25, -0.2) is 0 Å². The lowest BCUT2D eigenvalue weighted by molar-refractivity contribution is 0.138. The predicted molar refractivity (Wildman–Crippen MR) is 52.1 cm³/mol. The normalized spacial score (nSPS) is 18.2. The molecule has 0 aliphatic heterocycles.